The summed E-state index contributed by atoms with van der Waals surface area (Å²) in [7, 11) is 0. The van der Waals surface area contributed by atoms with Crippen molar-refractivity contribution in [2.24, 2.45) is 0 Å². The summed E-state index contributed by atoms with van der Waals surface area (Å²) in [6.07, 6.45) is -2.72. The van der Waals surface area contributed by atoms with E-state index in [9.17, 15) is 33.0 Å². The molecule has 0 atom stereocenters. The van der Waals surface area contributed by atoms with Crippen molar-refractivity contribution in [1.29, 1.82) is 0 Å². The average molecular weight is 529 g/mol. The zero-order valence-electron chi connectivity index (χ0n) is 20.2. The maximum Gasteiger partial charge on any atom is 0.416 e. The minimum absolute atomic E-state index is 0.0666. The van der Waals surface area contributed by atoms with E-state index in [2.05, 4.69) is 21.3 Å². The molecule has 1 saturated heterocycles. The number of hydrogen-bond acceptors (Lipinski definition) is 6. The van der Waals surface area contributed by atoms with Crippen molar-refractivity contribution in [2.75, 3.05) is 23.7 Å². The van der Waals surface area contributed by atoms with E-state index in [1.807, 2.05) is 0 Å². The van der Waals surface area contributed by atoms with Crippen LogP contribution in [0.25, 0.3) is 0 Å². The highest BCUT2D eigenvalue weighted by molar-refractivity contribution is 5.98. The van der Waals surface area contributed by atoms with Crippen molar-refractivity contribution >= 4 is 34.7 Å². The van der Waals surface area contributed by atoms with Gasteiger partial charge in [0.25, 0.3) is 0 Å². The monoisotopic (exact) mass is 528 g/mol. The Kier molecular flexibility index (Phi) is 8.18. The number of para-hydroxylation sites is 1. The number of piperidine rings is 1. The molecule has 4 rings (SSSR count). The fraction of sp³-hybridized carbons (Fsp3) is 0.259. The predicted molar refractivity (Wildman–Crippen MR) is 138 cm³/mol. The molecule has 6 N–H and O–H groups in total. The standard InChI is InChI=1S/C27H27F3N4O4/c28-27(29,30)17-6-8-23(33-21-4-2-1-3-19(21)25(35)36)24(14-17)34-22-7-5-16(13-20(22)26(37)38)15-32-18-9-11-31-12-10-18/h1-8,13-14,18,31-34H,9-12,15H2,(H,35,36)(H,37,38). The first-order chi connectivity index (χ1) is 18.1. The minimum Gasteiger partial charge on any atom is -0.478 e. The van der Waals surface area contributed by atoms with E-state index >= 15 is 0 Å². The molecule has 38 heavy (non-hydrogen) atoms. The summed E-state index contributed by atoms with van der Waals surface area (Å²) in [6.45, 7) is 2.27. The van der Waals surface area contributed by atoms with Gasteiger partial charge in [0.15, 0.2) is 0 Å². The van der Waals surface area contributed by atoms with E-state index in [1.165, 1.54) is 36.4 Å². The molecule has 0 saturated carbocycles. The zero-order valence-corrected chi connectivity index (χ0v) is 20.2. The highest BCUT2D eigenvalue weighted by Crippen LogP contribution is 2.37. The van der Waals surface area contributed by atoms with Crippen molar-refractivity contribution in [3.63, 3.8) is 0 Å². The minimum atomic E-state index is -4.65. The van der Waals surface area contributed by atoms with Crippen molar-refractivity contribution < 1.29 is 33.0 Å². The van der Waals surface area contributed by atoms with Gasteiger partial charge in [-0.15, -0.1) is 0 Å². The normalized spacial score (nSPS) is 14.2. The van der Waals surface area contributed by atoms with Crippen LogP contribution in [0.3, 0.4) is 0 Å². The Bertz CT molecular complexity index is 1320. The van der Waals surface area contributed by atoms with Gasteiger partial charge in [-0.2, -0.15) is 13.2 Å². The van der Waals surface area contributed by atoms with Crippen molar-refractivity contribution in [3.8, 4) is 0 Å². The molecule has 3 aromatic rings. The number of carbonyl (C=O) groups is 2. The van der Waals surface area contributed by atoms with Gasteiger partial charge in [-0.25, -0.2) is 9.59 Å². The van der Waals surface area contributed by atoms with Crippen molar-refractivity contribution in [3.05, 3.63) is 82.9 Å². The lowest BCUT2D eigenvalue weighted by Gasteiger charge is -2.24. The number of halogens is 3. The first-order valence-corrected chi connectivity index (χ1v) is 12.0. The van der Waals surface area contributed by atoms with E-state index in [0.717, 1.165) is 43.6 Å². The molecule has 3 aromatic carbocycles. The van der Waals surface area contributed by atoms with E-state index in [0.29, 0.717) is 12.6 Å². The number of aromatic carboxylic acids is 2. The van der Waals surface area contributed by atoms with Crippen LogP contribution in [-0.4, -0.2) is 41.3 Å². The van der Waals surface area contributed by atoms with Crippen molar-refractivity contribution in [2.45, 2.75) is 31.6 Å². The van der Waals surface area contributed by atoms with Crippen LogP contribution in [0.15, 0.2) is 60.7 Å². The lowest BCUT2D eigenvalue weighted by molar-refractivity contribution is -0.137. The first kappa shape index (κ1) is 27.0. The molecular formula is C27H27F3N4O4. The molecule has 0 aliphatic carbocycles. The highest BCUT2D eigenvalue weighted by Gasteiger charge is 2.31. The molecule has 8 nitrogen and oxygen atoms in total. The van der Waals surface area contributed by atoms with Gasteiger partial charge in [-0.3, -0.25) is 0 Å². The number of alkyl halides is 3. The first-order valence-electron chi connectivity index (χ1n) is 12.0. The highest BCUT2D eigenvalue weighted by atomic mass is 19.4. The molecule has 1 aliphatic heterocycles. The van der Waals surface area contributed by atoms with Crippen LogP contribution >= 0.6 is 0 Å². The summed E-state index contributed by atoms with van der Waals surface area (Å²) in [4.78, 5) is 23.7. The molecular weight excluding hydrogens is 501 g/mol. The summed E-state index contributed by atoms with van der Waals surface area (Å²) in [5, 5.41) is 31.7. The smallest absolute Gasteiger partial charge is 0.416 e. The Hall–Kier alpha value is -4.09. The summed E-state index contributed by atoms with van der Waals surface area (Å²) in [5.74, 6) is -2.45. The number of carboxylic acid groups (broad SMARTS) is 2. The van der Waals surface area contributed by atoms with Crippen LogP contribution in [0.1, 0.15) is 44.7 Å². The van der Waals surface area contributed by atoms with Gasteiger partial charge >= 0.3 is 18.1 Å². The number of hydrogen-bond donors (Lipinski definition) is 6. The largest absolute Gasteiger partial charge is 0.478 e. The Morgan fingerprint density at radius 2 is 1.45 bits per heavy atom. The van der Waals surface area contributed by atoms with Crippen LogP contribution in [0.4, 0.5) is 35.9 Å². The second-order valence-corrected chi connectivity index (χ2v) is 8.95. The average Bonchev–Trinajstić information content (AvgIpc) is 2.89. The summed E-state index contributed by atoms with van der Waals surface area (Å²) >= 11 is 0. The number of benzene rings is 3. The van der Waals surface area contributed by atoms with Crippen LogP contribution in [0.5, 0.6) is 0 Å². The van der Waals surface area contributed by atoms with Crippen LogP contribution in [-0.2, 0) is 12.7 Å². The van der Waals surface area contributed by atoms with E-state index in [-0.39, 0.29) is 33.9 Å². The fourth-order valence-electron chi connectivity index (χ4n) is 4.28. The lowest BCUT2D eigenvalue weighted by atomic mass is 10.0. The predicted octanol–water partition coefficient (Wildman–Crippen LogP) is 5.43. The van der Waals surface area contributed by atoms with Crippen LogP contribution in [0.2, 0.25) is 0 Å². The second-order valence-electron chi connectivity index (χ2n) is 8.95. The summed E-state index contributed by atoms with van der Waals surface area (Å²) < 4.78 is 40.5. The van der Waals surface area contributed by atoms with E-state index in [1.54, 1.807) is 12.1 Å². The SMILES string of the molecule is O=C(O)c1ccccc1Nc1ccc(C(F)(F)F)cc1Nc1ccc(CNC2CCNCC2)cc1C(=O)O. The third-order valence-electron chi connectivity index (χ3n) is 6.29. The second kappa shape index (κ2) is 11.5. The molecule has 1 heterocycles. The van der Waals surface area contributed by atoms with Gasteiger partial charge in [-0.1, -0.05) is 18.2 Å². The maximum absolute atomic E-state index is 13.5. The number of nitrogens with one attached hydrogen (secondary N) is 4. The lowest BCUT2D eigenvalue weighted by Crippen LogP contribution is -2.39. The Morgan fingerprint density at radius 3 is 2.13 bits per heavy atom. The Balaban J connectivity index is 1.65. The van der Waals surface area contributed by atoms with E-state index in [4.69, 9.17) is 0 Å². The summed E-state index contributed by atoms with van der Waals surface area (Å²) in [6, 6.07) is 13.9. The molecule has 0 amide bonds. The van der Waals surface area contributed by atoms with Gasteiger partial charge in [0.2, 0.25) is 0 Å². The molecule has 0 spiro atoms. The van der Waals surface area contributed by atoms with Crippen molar-refractivity contribution in [1.82, 2.24) is 10.6 Å². The van der Waals surface area contributed by atoms with Gasteiger partial charge in [0, 0.05) is 12.6 Å². The third-order valence-corrected chi connectivity index (χ3v) is 6.29. The maximum atomic E-state index is 13.5. The van der Waals surface area contributed by atoms with Gasteiger partial charge < -0.3 is 31.5 Å². The molecule has 200 valence electrons. The van der Waals surface area contributed by atoms with E-state index < -0.39 is 23.7 Å². The van der Waals surface area contributed by atoms with Gasteiger partial charge in [0.1, 0.15) is 0 Å². The molecule has 0 unspecified atom stereocenters. The molecule has 1 aliphatic rings. The Labute approximate surface area is 216 Å². The molecule has 1 fully saturated rings. The molecule has 0 radical (unpaired) electrons. The fourth-order valence-corrected chi connectivity index (χ4v) is 4.28. The molecule has 0 aromatic heterocycles. The number of anilines is 4. The number of carboxylic acids is 2. The Morgan fingerprint density at radius 1 is 0.816 bits per heavy atom. The quantitative estimate of drug-likeness (QED) is 0.217. The topological polar surface area (TPSA) is 123 Å². The number of rotatable bonds is 9. The summed E-state index contributed by atoms with van der Waals surface area (Å²) in [5.41, 5.74) is -0.0690. The third kappa shape index (κ3) is 6.61. The molecule has 11 heteroatoms. The zero-order chi connectivity index (χ0) is 27.3. The van der Waals surface area contributed by atoms with Gasteiger partial charge in [0.05, 0.1) is 39.4 Å². The molecule has 0 bridgehead atoms. The van der Waals surface area contributed by atoms with Crippen LogP contribution < -0.4 is 21.3 Å². The van der Waals surface area contributed by atoms with Crippen LogP contribution in [0, 0.1) is 0 Å². The van der Waals surface area contributed by atoms with Gasteiger partial charge in [-0.05, 0) is 74.0 Å².